The minimum absolute atomic E-state index is 0.166. The van der Waals surface area contributed by atoms with Crippen LogP contribution in [-0.4, -0.2) is 14.2 Å². The lowest BCUT2D eigenvalue weighted by Crippen LogP contribution is -2.31. The van der Waals surface area contributed by atoms with Crippen LogP contribution in [0.2, 0.25) is 0 Å². The molecule has 100 valence electrons. The molecule has 0 bridgehead atoms. The fraction of sp³-hybridized carbons (Fsp3) is 0.571. The van der Waals surface area contributed by atoms with Gasteiger partial charge in [0.05, 0.1) is 14.2 Å². The van der Waals surface area contributed by atoms with E-state index in [9.17, 15) is 0 Å². The van der Waals surface area contributed by atoms with Crippen LogP contribution in [0.1, 0.15) is 37.3 Å². The number of hydrogen-bond acceptors (Lipinski definition) is 4. The molecule has 1 aliphatic carbocycles. The molecule has 1 aliphatic rings. The number of ether oxygens (including phenoxy) is 2. The van der Waals surface area contributed by atoms with Gasteiger partial charge in [-0.15, -0.1) is 0 Å². The molecule has 0 amide bonds. The topological polar surface area (TPSA) is 56.5 Å². The maximum Gasteiger partial charge on any atom is 0.122 e. The number of nitrogens with one attached hydrogen (secondary N) is 1. The van der Waals surface area contributed by atoms with Gasteiger partial charge in [0.2, 0.25) is 0 Å². The van der Waals surface area contributed by atoms with Crippen LogP contribution in [0.5, 0.6) is 11.5 Å². The predicted molar refractivity (Wildman–Crippen MR) is 71.6 cm³/mol. The Balaban J connectivity index is 2.16. The first kappa shape index (κ1) is 13.2. The Bertz CT molecular complexity index is 369. The maximum atomic E-state index is 5.68. The van der Waals surface area contributed by atoms with Crippen molar-refractivity contribution in [1.82, 2.24) is 5.43 Å². The zero-order chi connectivity index (χ0) is 13.0. The Morgan fingerprint density at radius 2 is 1.83 bits per heavy atom. The van der Waals surface area contributed by atoms with Gasteiger partial charge in [-0.1, -0.05) is 19.3 Å². The number of nitrogens with two attached hydrogens (primary N) is 1. The molecule has 2 rings (SSSR count). The average molecular weight is 250 g/mol. The Morgan fingerprint density at radius 1 is 1.22 bits per heavy atom. The molecule has 1 atom stereocenters. The van der Waals surface area contributed by atoms with E-state index in [1.54, 1.807) is 14.2 Å². The van der Waals surface area contributed by atoms with Crippen LogP contribution in [-0.2, 0) is 0 Å². The van der Waals surface area contributed by atoms with Crippen molar-refractivity contribution in [2.45, 2.75) is 31.7 Å². The third-order valence-electron chi connectivity index (χ3n) is 3.77. The van der Waals surface area contributed by atoms with E-state index in [1.807, 2.05) is 18.2 Å². The van der Waals surface area contributed by atoms with Crippen LogP contribution in [0.4, 0.5) is 0 Å². The molecule has 1 saturated carbocycles. The van der Waals surface area contributed by atoms with E-state index in [-0.39, 0.29) is 6.04 Å². The van der Waals surface area contributed by atoms with Gasteiger partial charge in [0.15, 0.2) is 0 Å². The molecule has 0 aliphatic heterocycles. The molecular formula is C14H22N2O2. The lowest BCUT2D eigenvalue weighted by molar-refractivity contribution is 0.261. The van der Waals surface area contributed by atoms with E-state index < -0.39 is 0 Å². The highest BCUT2D eigenvalue weighted by Gasteiger charge is 2.23. The Kier molecular flexibility index (Phi) is 4.44. The molecule has 0 spiro atoms. The zero-order valence-corrected chi connectivity index (χ0v) is 11.1. The summed E-state index contributed by atoms with van der Waals surface area (Å²) in [6.45, 7) is 0. The van der Waals surface area contributed by atoms with Crippen molar-refractivity contribution in [2.75, 3.05) is 14.2 Å². The van der Waals surface area contributed by atoms with Crippen LogP contribution in [0, 0.1) is 5.92 Å². The van der Waals surface area contributed by atoms with Gasteiger partial charge in [-0.3, -0.25) is 11.3 Å². The summed E-state index contributed by atoms with van der Waals surface area (Å²) < 4.78 is 10.6. The normalized spacial score (nSPS) is 17.1. The second kappa shape index (κ2) is 6.07. The highest BCUT2D eigenvalue weighted by atomic mass is 16.5. The average Bonchev–Trinajstić information content (AvgIpc) is 2.37. The van der Waals surface area contributed by atoms with Crippen LogP contribution in [0.25, 0.3) is 0 Å². The summed E-state index contributed by atoms with van der Waals surface area (Å²) in [5, 5.41) is 0. The van der Waals surface area contributed by atoms with E-state index in [2.05, 4.69) is 5.43 Å². The highest BCUT2D eigenvalue weighted by Crippen LogP contribution is 2.36. The molecule has 3 N–H and O–H groups in total. The van der Waals surface area contributed by atoms with Crippen LogP contribution in [0.3, 0.4) is 0 Å². The molecule has 4 heteroatoms. The molecule has 0 heterocycles. The fourth-order valence-corrected chi connectivity index (χ4v) is 2.39. The van der Waals surface area contributed by atoms with Crippen LogP contribution < -0.4 is 20.7 Å². The summed E-state index contributed by atoms with van der Waals surface area (Å²) in [5.41, 5.74) is 4.03. The van der Waals surface area contributed by atoms with Crippen LogP contribution >= 0.6 is 0 Å². The van der Waals surface area contributed by atoms with E-state index in [0.29, 0.717) is 0 Å². The third-order valence-corrected chi connectivity index (χ3v) is 3.77. The second-order valence-corrected chi connectivity index (χ2v) is 4.90. The van der Waals surface area contributed by atoms with Gasteiger partial charge in [0.25, 0.3) is 0 Å². The molecule has 1 aromatic rings. The van der Waals surface area contributed by atoms with Crippen molar-refractivity contribution >= 4 is 0 Å². The number of benzene rings is 1. The summed E-state index contributed by atoms with van der Waals surface area (Å²) in [6.07, 6.45) is 5.06. The van der Waals surface area contributed by atoms with Crippen molar-refractivity contribution in [3.05, 3.63) is 23.8 Å². The molecule has 0 saturated heterocycles. The quantitative estimate of drug-likeness (QED) is 0.601. The number of hydrogen-bond donors (Lipinski definition) is 2. The Morgan fingerprint density at radius 3 is 2.22 bits per heavy atom. The Labute approximate surface area is 108 Å². The SMILES string of the molecule is COc1cc(OC)cc(C(CC2CCC2)NN)c1. The maximum absolute atomic E-state index is 5.68. The smallest absolute Gasteiger partial charge is 0.122 e. The Hall–Kier alpha value is -1.26. The molecule has 1 fully saturated rings. The summed E-state index contributed by atoms with van der Waals surface area (Å²) in [6, 6.07) is 6.08. The largest absolute Gasteiger partial charge is 0.497 e. The lowest BCUT2D eigenvalue weighted by atomic mass is 9.80. The first-order valence-corrected chi connectivity index (χ1v) is 6.46. The number of rotatable bonds is 6. The highest BCUT2D eigenvalue weighted by molar-refractivity contribution is 5.39. The molecular weight excluding hydrogens is 228 g/mol. The molecule has 0 radical (unpaired) electrons. The van der Waals surface area contributed by atoms with E-state index in [4.69, 9.17) is 15.3 Å². The zero-order valence-electron chi connectivity index (χ0n) is 11.1. The molecule has 1 aromatic carbocycles. The molecule has 4 nitrogen and oxygen atoms in total. The predicted octanol–water partition coefficient (Wildman–Crippen LogP) is 2.40. The van der Waals surface area contributed by atoms with E-state index in [1.165, 1.54) is 19.3 Å². The second-order valence-electron chi connectivity index (χ2n) is 4.90. The summed E-state index contributed by atoms with van der Waals surface area (Å²) in [5.74, 6) is 8.09. The van der Waals surface area contributed by atoms with Crippen molar-refractivity contribution in [3.63, 3.8) is 0 Å². The molecule has 0 aromatic heterocycles. The van der Waals surface area contributed by atoms with Crippen molar-refractivity contribution < 1.29 is 9.47 Å². The lowest BCUT2D eigenvalue weighted by Gasteiger charge is -2.29. The number of hydrazine groups is 1. The fourth-order valence-electron chi connectivity index (χ4n) is 2.39. The van der Waals surface area contributed by atoms with Gasteiger partial charge in [-0.05, 0) is 30.0 Å². The van der Waals surface area contributed by atoms with Gasteiger partial charge >= 0.3 is 0 Å². The van der Waals surface area contributed by atoms with E-state index >= 15 is 0 Å². The minimum Gasteiger partial charge on any atom is -0.497 e. The molecule has 18 heavy (non-hydrogen) atoms. The van der Waals surface area contributed by atoms with Crippen molar-refractivity contribution in [2.24, 2.45) is 11.8 Å². The van der Waals surface area contributed by atoms with Gasteiger partial charge in [0, 0.05) is 12.1 Å². The summed E-state index contributed by atoms with van der Waals surface area (Å²) in [4.78, 5) is 0. The van der Waals surface area contributed by atoms with Crippen molar-refractivity contribution in [1.29, 1.82) is 0 Å². The standard InChI is InChI=1S/C14H22N2O2/c1-17-12-7-11(8-13(9-12)18-2)14(16-15)6-10-4-3-5-10/h7-10,14,16H,3-6,15H2,1-2H3. The monoisotopic (exact) mass is 250 g/mol. The third kappa shape index (κ3) is 2.94. The molecule has 1 unspecified atom stereocenters. The van der Waals surface area contributed by atoms with E-state index in [0.717, 1.165) is 29.4 Å². The summed E-state index contributed by atoms with van der Waals surface area (Å²) in [7, 11) is 3.32. The van der Waals surface area contributed by atoms with Gasteiger partial charge in [-0.2, -0.15) is 0 Å². The first-order chi connectivity index (χ1) is 8.76. The number of methoxy groups -OCH3 is 2. The first-order valence-electron chi connectivity index (χ1n) is 6.46. The van der Waals surface area contributed by atoms with Crippen LogP contribution in [0.15, 0.2) is 18.2 Å². The summed E-state index contributed by atoms with van der Waals surface area (Å²) >= 11 is 0. The van der Waals surface area contributed by atoms with Gasteiger partial charge in [0.1, 0.15) is 11.5 Å². The minimum atomic E-state index is 0.166. The van der Waals surface area contributed by atoms with Gasteiger partial charge < -0.3 is 9.47 Å². The van der Waals surface area contributed by atoms with Crippen molar-refractivity contribution in [3.8, 4) is 11.5 Å². The van der Waals surface area contributed by atoms with Gasteiger partial charge in [-0.25, -0.2) is 0 Å².